The number of carbonyl (C=O) groups excluding carboxylic acids is 1. The van der Waals surface area contributed by atoms with Crippen molar-refractivity contribution in [2.24, 2.45) is 5.92 Å². The van der Waals surface area contributed by atoms with E-state index in [4.69, 9.17) is 5.26 Å². The fourth-order valence-electron chi connectivity index (χ4n) is 4.17. The number of nitrogens with one attached hydrogen (secondary N) is 1. The number of nitriles is 1. The first-order chi connectivity index (χ1) is 14.9. The van der Waals surface area contributed by atoms with Gasteiger partial charge in [-0.2, -0.15) is 5.26 Å². The standard InChI is InChI=1S/C24H28FIN4O/c1-30(14-10-20(11-15-30)16-19-6-8-22(25)9-7-19)13-3-12-28-24(31)29(26)23-5-2-4-21(17-23)18-27/h2,4-9,17,20H,3,10-16H2,1H3/p+1. The molecule has 1 N–H and O–H groups in total. The minimum atomic E-state index is -0.176. The molecule has 1 aliphatic rings. The third kappa shape index (κ3) is 6.91. The molecule has 1 saturated heterocycles. The Morgan fingerprint density at radius 1 is 1.26 bits per heavy atom. The second-order valence-corrected chi connectivity index (χ2v) is 9.56. The Bertz CT molecular complexity index is 920. The van der Waals surface area contributed by atoms with Gasteiger partial charge < -0.3 is 9.80 Å². The molecule has 0 saturated carbocycles. The maximum atomic E-state index is 13.1. The number of likely N-dealkylation sites (tertiary alicyclic amines) is 1. The zero-order valence-electron chi connectivity index (χ0n) is 17.9. The molecule has 0 unspecified atom stereocenters. The molecule has 2 amide bonds. The van der Waals surface area contributed by atoms with Crippen molar-refractivity contribution >= 4 is 34.6 Å². The Hall–Kier alpha value is -2.18. The summed E-state index contributed by atoms with van der Waals surface area (Å²) in [6.45, 7) is 3.94. The minimum absolute atomic E-state index is 0.170. The molecule has 3 rings (SSSR count). The highest BCUT2D eigenvalue weighted by Gasteiger charge is 2.29. The molecule has 0 aliphatic carbocycles. The summed E-state index contributed by atoms with van der Waals surface area (Å²) in [5.74, 6) is 0.484. The number of piperidine rings is 1. The normalized spacial score (nSPS) is 20.6. The van der Waals surface area contributed by atoms with Gasteiger partial charge in [-0.15, -0.1) is 0 Å². The zero-order valence-corrected chi connectivity index (χ0v) is 20.0. The van der Waals surface area contributed by atoms with Crippen molar-refractivity contribution in [1.82, 2.24) is 5.32 Å². The van der Waals surface area contributed by atoms with E-state index in [1.165, 1.54) is 21.5 Å². The van der Waals surface area contributed by atoms with Crippen LogP contribution >= 0.6 is 22.9 Å². The van der Waals surface area contributed by atoms with Crippen molar-refractivity contribution in [2.45, 2.75) is 25.7 Å². The maximum Gasteiger partial charge on any atom is 0.330 e. The lowest BCUT2D eigenvalue weighted by Gasteiger charge is -2.41. The quantitative estimate of drug-likeness (QED) is 0.234. The van der Waals surface area contributed by atoms with E-state index in [-0.39, 0.29) is 11.8 Å². The summed E-state index contributed by atoms with van der Waals surface area (Å²) < 4.78 is 15.6. The van der Waals surface area contributed by atoms with Crippen LogP contribution in [0.1, 0.15) is 30.4 Å². The van der Waals surface area contributed by atoms with Crippen LogP contribution in [0.2, 0.25) is 0 Å². The highest BCUT2D eigenvalue weighted by atomic mass is 127. The van der Waals surface area contributed by atoms with Gasteiger partial charge in [0.15, 0.2) is 0 Å². The number of hydrogen-bond acceptors (Lipinski definition) is 2. The van der Waals surface area contributed by atoms with Crippen LogP contribution in [0.3, 0.4) is 0 Å². The van der Waals surface area contributed by atoms with E-state index < -0.39 is 0 Å². The number of nitrogens with zero attached hydrogens (tertiary/aromatic N) is 3. The van der Waals surface area contributed by atoms with Gasteiger partial charge in [0.2, 0.25) is 0 Å². The Labute approximate surface area is 197 Å². The Morgan fingerprint density at radius 2 is 1.97 bits per heavy atom. The first kappa shape index (κ1) is 23.5. The van der Waals surface area contributed by atoms with Gasteiger partial charge in [-0.1, -0.05) is 18.2 Å². The molecule has 0 aromatic heterocycles. The van der Waals surface area contributed by atoms with Gasteiger partial charge in [0.1, 0.15) is 5.82 Å². The lowest BCUT2D eigenvalue weighted by atomic mass is 9.89. The molecule has 164 valence electrons. The number of halogens is 2. The van der Waals surface area contributed by atoms with Crippen molar-refractivity contribution < 1.29 is 13.7 Å². The van der Waals surface area contributed by atoms with E-state index in [0.717, 1.165) is 37.0 Å². The third-order valence-electron chi connectivity index (χ3n) is 6.12. The summed E-state index contributed by atoms with van der Waals surface area (Å²) in [6, 6.07) is 15.8. The predicted octanol–water partition coefficient (Wildman–Crippen LogP) is 5.05. The molecule has 0 radical (unpaired) electrons. The van der Waals surface area contributed by atoms with Crippen molar-refractivity contribution in [3.63, 3.8) is 0 Å². The molecule has 1 heterocycles. The van der Waals surface area contributed by atoms with Crippen LogP contribution in [0, 0.1) is 23.1 Å². The number of anilines is 1. The lowest BCUT2D eigenvalue weighted by Crippen LogP contribution is -2.51. The Morgan fingerprint density at radius 3 is 2.65 bits per heavy atom. The summed E-state index contributed by atoms with van der Waals surface area (Å²) in [5.41, 5.74) is 2.44. The van der Waals surface area contributed by atoms with Gasteiger partial charge >= 0.3 is 6.03 Å². The maximum absolute atomic E-state index is 13.1. The largest absolute Gasteiger partial charge is 0.337 e. The molecule has 0 atom stereocenters. The van der Waals surface area contributed by atoms with E-state index in [1.54, 1.807) is 30.3 Å². The van der Waals surface area contributed by atoms with Gasteiger partial charge in [-0.05, 0) is 61.1 Å². The van der Waals surface area contributed by atoms with Crippen molar-refractivity contribution in [3.05, 3.63) is 65.5 Å². The van der Waals surface area contributed by atoms with Crippen molar-refractivity contribution in [2.75, 3.05) is 36.3 Å². The summed E-state index contributed by atoms with van der Waals surface area (Å²) in [7, 11) is 2.30. The first-order valence-corrected chi connectivity index (χ1v) is 11.7. The highest BCUT2D eigenvalue weighted by molar-refractivity contribution is 14.1. The van der Waals surface area contributed by atoms with Crippen LogP contribution in [0.5, 0.6) is 0 Å². The monoisotopic (exact) mass is 535 g/mol. The second kappa shape index (κ2) is 10.9. The summed E-state index contributed by atoms with van der Waals surface area (Å²) >= 11 is 1.96. The summed E-state index contributed by atoms with van der Waals surface area (Å²) in [6.07, 6.45) is 4.30. The number of amides is 2. The average Bonchev–Trinajstić information content (AvgIpc) is 2.79. The fraction of sp³-hybridized carbons (Fsp3) is 0.417. The van der Waals surface area contributed by atoms with Gasteiger partial charge in [0.25, 0.3) is 0 Å². The van der Waals surface area contributed by atoms with Crippen LogP contribution in [0.4, 0.5) is 14.9 Å². The van der Waals surface area contributed by atoms with Gasteiger partial charge in [-0.3, -0.25) is 0 Å². The molecule has 0 bridgehead atoms. The van der Waals surface area contributed by atoms with Crippen LogP contribution in [0.15, 0.2) is 48.5 Å². The van der Waals surface area contributed by atoms with Gasteiger partial charge in [0.05, 0.1) is 66.9 Å². The van der Waals surface area contributed by atoms with Gasteiger partial charge in [-0.25, -0.2) is 12.3 Å². The van der Waals surface area contributed by atoms with E-state index in [0.29, 0.717) is 23.7 Å². The summed E-state index contributed by atoms with van der Waals surface area (Å²) in [4.78, 5) is 12.4. The topological polar surface area (TPSA) is 56.1 Å². The molecule has 7 heteroatoms. The Kier molecular flexibility index (Phi) is 8.27. The smallest absolute Gasteiger partial charge is 0.330 e. The molecule has 2 aromatic carbocycles. The molecule has 1 fully saturated rings. The number of hydrogen-bond donors (Lipinski definition) is 1. The van der Waals surface area contributed by atoms with E-state index in [1.807, 2.05) is 41.1 Å². The van der Waals surface area contributed by atoms with Crippen LogP contribution in [0.25, 0.3) is 0 Å². The summed E-state index contributed by atoms with van der Waals surface area (Å²) in [5, 5.41) is 12.0. The van der Waals surface area contributed by atoms with Crippen LogP contribution < -0.4 is 8.43 Å². The molecule has 31 heavy (non-hydrogen) atoms. The van der Waals surface area contributed by atoms with Crippen molar-refractivity contribution in [3.8, 4) is 6.07 Å². The van der Waals surface area contributed by atoms with Crippen molar-refractivity contribution in [1.29, 1.82) is 5.26 Å². The minimum Gasteiger partial charge on any atom is -0.337 e. The number of carbonyl (C=O) groups is 1. The highest BCUT2D eigenvalue weighted by Crippen LogP contribution is 2.26. The van der Waals surface area contributed by atoms with E-state index in [9.17, 15) is 9.18 Å². The van der Waals surface area contributed by atoms with Crippen LogP contribution in [-0.4, -0.2) is 43.7 Å². The van der Waals surface area contributed by atoms with E-state index >= 15 is 0 Å². The van der Waals surface area contributed by atoms with E-state index in [2.05, 4.69) is 18.4 Å². The van der Waals surface area contributed by atoms with Crippen LogP contribution in [-0.2, 0) is 6.42 Å². The molecular formula is C24H29FIN4O+. The Balaban J connectivity index is 1.38. The number of quaternary nitrogens is 1. The van der Waals surface area contributed by atoms with Gasteiger partial charge in [0, 0.05) is 13.0 Å². The average molecular weight is 535 g/mol. The SMILES string of the molecule is C[N+]1(CCCNC(=O)N(I)c2cccc(C#N)c2)CCC(Cc2ccc(F)cc2)CC1. The first-order valence-electron chi connectivity index (χ1n) is 10.7. The molecule has 5 nitrogen and oxygen atoms in total. The third-order valence-corrected chi connectivity index (χ3v) is 7.12. The number of rotatable bonds is 7. The lowest BCUT2D eigenvalue weighted by molar-refractivity contribution is -0.915. The molecule has 1 aliphatic heterocycles. The number of benzene rings is 2. The second-order valence-electron chi connectivity index (χ2n) is 8.59. The molecular weight excluding hydrogens is 506 g/mol. The molecule has 0 spiro atoms. The molecule has 2 aromatic rings. The zero-order chi connectivity index (χ0) is 22.3. The fourth-order valence-corrected chi connectivity index (χ4v) is 4.64. The predicted molar refractivity (Wildman–Crippen MR) is 129 cm³/mol. The number of urea groups is 1.